The van der Waals surface area contributed by atoms with Crippen molar-refractivity contribution in [2.75, 3.05) is 20.7 Å². The molecular formula is C11H14N2O3. The Morgan fingerprint density at radius 1 is 1.38 bits per heavy atom. The van der Waals surface area contributed by atoms with Crippen molar-refractivity contribution in [3.05, 3.63) is 30.1 Å². The molecule has 1 heterocycles. The minimum Gasteiger partial charge on any atom is -0.468 e. The number of methoxy groups -OCH3 is 1. The number of ether oxygens (including phenoxy) is 1. The molecule has 16 heavy (non-hydrogen) atoms. The molecule has 0 aliphatic carbocycles. The van der Waals surface area contributed by atoms with Gasteiger partial charge in [-0.05, 0) is 17.7 Å². The molecule has 0 atom stereocenters. The van der Waals surface area contributed by atoms with Crippen molar-refractivity contribution in [2.45, 2.75) is 6.42 Å². The number of aromatic nitrogens is 1. The highest BCUT2D eigenvalue weighted by atomic mass is 16.5. The second-order valence-electron chi connectivity index (χ2n) is 3.36. The second-order valence-corrected chi connectivity index (χ2v) is 3.36. The number of amides is 1. The average Bonchev–Trinajstić information content (AvgIpc) is 2.30. The summed E-state index contributed by atoms with van der Waals surface area (Å²) >= 11 is 0. The van der Waals surface area contributed by atoms with Crippen molar-refractivity contribution < 1.29 is 14.3 Å². The van der Waals surface area contributed by atoms with E-state index in [4.69, 9.17) is 0 Å². The molecule has 0 spiro atoms. The van der Waals surface area contributed by atoms with Gasteiger partial charge in [-0.15, -0.1) is 0 Å². The molecule has 1 aromatic rings. The number of rotatable bonds is 4. The maximum atomic E-state index is 11.7. The van der Waals surface area contributed by atoms with Crippen LogP contribution in [-0.4, -0.2) is 42.5 Å². The van der Waals surface area contributed by atoms with Gasteiger partial charge in [0.05, 0.1) is 13.5 Å². The van der Waals surface area contributed by atoms with Crippen LogP contribution in [0.2, 0.25) is 0 Å². The van der Waals surface area contributed by atoms with E-state index < -0.39 is 5.97 Å². The first-order valence-corrected chi connectivity index (χ1v) is 4.83. The van der Waals surface area contributed by atoms with Gasteiger partial charge >= 0.3 is 5.97 Å². The minimum absolute atomic E-state index is 0.0274. The van der Waals surface area contributed by atoms with Crippen molar-refractivity contribution in [3.8, 4) is 0 Å². The number of carbonyl (C=O) groups is 2. The zero-order valence-electron chi connectivity index (χ0n) is 9.34. The number of likely N-dealkylation sites (N-methyl/N-ethyl adjacent to an activating group) is 1. The molecule has 0 saturated carbocycles. The van der Waals surface area contributed by atoms with E-state index in [2.05, 4.69) is 9.72 Å². The molecule has 5 nitrogen and oxygen atoms in total. The van der Waals surface area contributed by atoms with Gasteiger partial charge in [-0.1, -0.05) is 0 Å². The molecule has 0 aliphatic heterocycles. The summed E-state index contributed by atoms with van der Waals surface area (Å²) in [6.45, 7) is -0.0274. The summed E-state index contributed by atoms with van der Waals surface area (Å²) in [6.07, 6.45) is 3.52. The molecule has 0 aliphatic rings. The molecule has 0 aromatic carbocycles. The minimum atomic E-state index is -0.425. The van der Waals surface area contributed by atoms with E-state index in [1.54, 1.807) is 31.6 Å². The lowest BCUT2D eigenvalue weighted by Gasteiger charge is -2.15. The van der Waals surface area contributed by atoms with Gasteiger partial charge in [0.2, 0.25) is 5.91 Å². The second kappa shape index (κ2) is 5.85. The van der Waals surface area contributed by atoms with Crippen LogP contribution in [0.3, 0.4) is 0 Å². The first-order valence-electron chi connectivity index (χ1n) is 4.83. The van der Waals surface area contributed by atoms with Crippen LogP contribution >= 0.6 is 0 Å². The molecular weight excluding hydrogens is 208 g/mol. The molecule has 1 rings (SSSR count). The highest BCUT2D eigenvalue weighted by Crippen LogP contribution is 2.00. The van der Waals surface area contributed by atoms with Crippen LogP contribution in [0.4, 0.5) is 0 Å². The SMILES string of the molecule is COC(=O)CN(C)C(=O)Cc1ccncc1. The molecule has 86 valence electrons. The van der Waals surface area contributed by atoms with Crippen molar-refractivity contribution in [2.24, 2.45) is 0 Å². The lowest BCUT2D eigenvalue weighted by molar-refractivity contribution is -0.145. The maximum absolute atomic E-state index is 11.7. The van der Waals surface area contributed by atoms with Gasteiger partial charge in [-0.2, -0.15) is 0 Å². The van der Waals surface area contributed by atoms with E-state index in [1.807, 2.05) is 0 Å². The Bertz CT molecular complexity index is 365. The third kappa shape index (κ3) is 3.68. The van der Waals surface area contributed by atoms with E-state index in [-0.39, 0.29) is 18.9 Å². The molecule has 0 N–H and O–H groups in total. The fraction of sp³-hybridized carbons (Fsp3) is 0.364. The average molecular weight is 222 g/mol. The Hall–Kier alpha value is -1.91. The van der Waals surface area contributed by atoms with Crippen LogP contribution in [0.25, 0.3) is 0 Å². The van der Waals surface area contributed by atoms with Crippen molar-refractivity contribution >= 4 is 11.9 Å². The standard InChI is InChI=1S/C11H14N2O3/c1-13(8-11(15)16-2)10(14)7-9-3-5-12-6-4-9/h3-6H,7-8H2,1-2H3. The van der Waals surface area contributed by atoms with E-state index in [9.17, 15) is 9.59 Å². The monoisotopic (exact) mass is 222 g/mol. The summed E-state index contributed by atoms with van der Waals surface area (Å²) in [5, 5.41) is 0. The number of carbonyl (C=O) groups excluding carboxylic acids is 2. The summed E-state index contributed by atoms with van der Waals surface area (Å²) in [5.74, 6) is -0.554. The van der Waals surface area contributed by atoms with Gasteiger partial charge < -0.3 is 9.64 Å². The van der Waals surface area contributed by atoms with Gasteiger partial charge in [0.1, 0.15) is 6.54 Å². The lowest BCUT2D eigenvalue weighted by atomic mass is 10.2. The Kier molecular flexibility index (Phi) is 4.44. The molecule has 0 bridgehead atoms. The number of nitrogens with zero attached hydrogens (tertiary/aromatic N) is 2. The topological polar surface area (TPSA) is 59.5 Å². The van der Waals surface area contributed by atoms with Crippen LogP contribution in [0.5, 0.6) is 0 Å². The molecule has 1 amide bonds. The Labute approximate surface area is 94.0 Å². The van der Waals surface area contributed by atoms with E-state index in [1.165, 1.54) is 12.0 Å². The third-order valence-electron chi connectivity index (χ3n) is 2.12. The molecule has 0 unspecified atom stereocenters. The van der Waals surface area contributed by atoms with E-state index in [0.717, 1.165) is 5.56 Å². The fourth-order valence-corrected chi connectivity index (χ4v) is 1.16. The van der Waals surface area contributed by atoms with E-state index in [0.29, 0.717) is 0 Å². The highest BCUT2D eigenvalue weighted by molar-refractivity contribution is 5.83. The van der Waals surface area contributed by atoms with Gasteiger partial charge in [0, 0.05) is 19.4 Å². The summed E-state index contributed by atoms with van der Waals surface area (Å²) in [6, 6.07) is 3.54. The van der Waals surface area contributed by atoms with Crippen molar-refractivity contribution in [1.82, 2.24) is 9.88 Å². The van der Waals surface area contributed by atoms with Crippen LogP contribution in [0.1, 0.15) is 5.56 Å². The quantitative estimate of drug-likeness (QED) is 0.685. The Morgan fingerprint density at radius 2 is 2.00 bits per heavy atom. The largest absolute Gasteiger partial charge is 0.468 e. The van der Waals surface area contributed by atoms with Gasteiger partial charge in [-0.25, -0.2) is 0 Å². The van der Waals surface area contributed by atoms with E-state index >= 15 is 0 Å². The number of hydrogen-bond acceptors (Lipinski definition) is 4. The fourth-order valence-electron chi connectivity index (χ4n) is 1.16. The van der Waals surface area contributed by atoms with Crippen molar-refractivity contribution in [3.63, 3.8) is 0 Å². The number of pyridine rings is 1. The summed E-state index contributed by atoms with van der Waals surface area (Å²) in [7, 11) is 2.87. The zero-order valence-corrected chi connectivity index (χ0v) is 9.34. The summed E-state index contributed by atoms with van der Waals surface area (Å²) < 4.78 is 4.48. The van der Waals surface area contributed by atoms with Crippen molar-refractivity contribution in [1.29, 1.82) is 0 Å². The number of hydrogen-bond donors (Lipinski definition) is 0. The van der Waals surface area contributed by atoms with Gasteiger partial charge in [-0.3, -0.25) is 14.6 Å². The molecule has 5 heteroatoms. The third-order valence-corrected chi connectivity index (χ3v) is 2.12. The Balaban J connectivity index is 2.49. The zero-order chi connectivity index (χ0) is 12.0. The predicted molar refractivity (Wildman–Crippen MR) is 57.6 cm³/mol. The van der Waals surface area contributed by atoms with Crippen LogP contribution in [0.15, 0.2) is 24.5 Å². The van der Waals surface area contributed by atoms with Crippen LogP contribution in [-0.2, 0) is 20.7 Å². The highest BCUT2D eigenvalue weighted by Gasteiger charge is 2.13. The predicted octanol–water partition coefficient (Wildman–Crippen LogP) is 0.255. The normalized spacial score (nSPS) is 9.62. The van der Waals surface area contributed by atoms with Gasteiger partial charge in [0.15, 0.2) is 0 Å². The molecule has 1 aromatic heterocycles. The Morgan fingerprint density at radius 3 is 2.56 bits per heavy atom. The van der Waals surface area contributed by atoms with Crippen LogP contribution < -0.4 is 0 Å². The first kappa shape index (κ1) is 12.2. The maximum Gasteiger partial charge on any atom is 0.325 e. The first-order chi connectivity index (χ1) is 7.63. The summed E-state index contributed by atoms with van der Waals surface area (Å²) in [5.41, 5.74) is 0.872. The molecule has 0 fully saturated rings. The van der Waals surface area contributed by atoms with Crippen LogP contribution in [0, 0.1) is 0 Å². The van der Waals surface area contributed by atoms with Gasteiger partial charge in [0.25, 0.3) is 0 Å². The number of esters is 1. The molecule has 0 saturated heterocycles. The lowest BCUT2D eigenvalue weighted by Crippen LogP contribution is -2.33. The smallest absolute Gasteiger partial charge is 0.325 e. The molecule has 0 radical (unpaired) electrons. The summed E-state index contributed by atoms with van der Waals surface area (Å²) in [4.78, 5) is 27.8.